The molecule has 1 saturated carbocycles. The lowest BCUT2D eigenvalue weighted by Crippen LogP contribution is -2.03. The number of benzene rings is 1. The third-order valence-corrected chi connectivity index (χ3v) is 4.25. The number of aromatic nitrogens is 2. The van der Waals surface area contributed by atoms with Gasteiger partial charge in [0.2, 0.25) is 0 Å². The van der Waals surface area contributed by atoms with Gasteiger partial charge in [-0.2, -0.15) is 0 Å². The Kier molecular flexibility index (Phi) is 2.27. The monoisotopic (exact) mass is 262 g/mol. The lowest BCUT2D eigenvalue weighted by Gasteiger charge is -2.03. The van der Waals surface area contributed by atoms with Crippen LogP contribution in [0.2, 0.25) is 0 Å². The molecule has 0 spiro atoms. The summed E-state index contributed by atoms with van der Waals surface area (Å²) in [5.74, 6) is -0.952. The third kappa shape index (κ3) is 1.57. The minimum Gasteiger partial charge on any atom is -0.481 e. The molecule has 0 radical (unpaired) electrons. The van der Waals surface area contributed by atoms with E-state index in [1.807, 2.05) is 25.5 Å². The molecule has 5 heteroatoms. The van der Waals surface area contributed by atoms with Gasteiger partial charge < -0.3 is 9.67 Å². The van der Waals surface area contributed by atoms with Crippen LogP contribution in [0.3, 0.4) is 0 Å². The van der Waals surface area contributed by atoms with E-state index in [1.165, 1.54) is 12.1 Å². The molecule has 2 atom stereocenters. The predicted octanol–water partition coefficient (Wildman–Crippen LogP) is 2.54. The number of aliphatic carboxylic acids is 1. The fourth-order valence-corrected chi connectivity index (χ4v) is 3.05. The van der Waals surface area contributed by atoms with Crippen molar-refractivity contribution in [3.05, 3.63) is 29.8 Å². The van der Waals surface area contributed by atoms with Crippen LogP contribution >= 0.6 is 0 Å². The van der Waals surface area contributed by atoms with Gasteiger partial charge in [-0.1, -0.05) is 13.8 Å². The number of imidazole rings is 1. The summed E-state index contributed by atoms with van der Waals surface area (Å²) in [5, 5.41) is 9.23. The summed E-state index contributed by atoms with van der Waals surface area (Å²) < 4.78 is 15.1. The van der Waals surface area contributed by atoms with Crippen molar-refractivity contribution in [2.75, 3.05) is 0 Å². The Morgan fingerprint density at radius 1 is 1.47 bits per heavy atom. The molecule has 2 unspecified atom stereocenters. The van der Waals surface area contributed by atoms with E-state index in [4.69, 9.17) is 0 Å². The van der Waals surface area contributed by atoms with Gasteiger partial charge in [-0.15, -0.1) is 0 Å². The van der Waals surface area contributed by atoms with Crippen molar-refractivity contribution in [2.45, 2.75) is 19.8 Å². The van der Waals surface area contributed by atoms with Gasteiger partial charge in [-0.05, 0) is 17.5 Å². The minimum atomic E-state index is -0.798. The summed E-state index contributed by atoms with van der Waals surface area (Å²) in [4.78, 5) is 15.7. The van der Waals surface area contributed by atoms with Gasteiger partial charge >= 0.3 is 5.97 Å². The van der Waals surface area contributed by atoms with Crippen molar-refractivity contribution in [3.8, 4) is 0 Å². The first kappa shape index (κ1) is 12.1. The molecule has 0 amide bonds. The smallest absolute Gasteiger partial charge is 0.307 e. The number of carboxylic acid groups (broad SMARTS) is 1. The quantitative estimate of drug-likeness (QED) is 0.904. The summed E-state index contributed by atoms with van der Waals surface area (Å²) in [7, 11) is 1.84. The maximum absolute atomic E-state index is 13.2. The summed E-state index contributed by atoms with van der Waals surface area (Å²) in [6, 6.07) is 4.44. The zero-order valence-corrected chi connectivity index (χ0v) is 11.0. The number of rotatable bonds is 2. The molecule has 0 aliphatic heterocycles. The second-order valence-electron chi connectivity index (χ2n) is 5.78. The molecular weight excluding hydrogens is 247 g/mol. The van der Waals surface area contributed by atoms with Crippen LogP contribution in [0.15, 0.2) is 18.2 Å². The molecule has 1 aliphatic carbocycles. The first-order chi connectivity index (χ1) is 8.84. The van der Waals surface area contributed by atoms with Crippen LogP contribution in [0.1, 0.15) is 25.6 Å². The number of hydrogen-bond donors (Lipinski definition) is 1. The number of halogens is 1. The first-order valence-corrected chi connectivity index (χ1v) is 6.18. The van der Waals surface area contributed by atoms with E-state index in [0.29, 0.717) is 5.52 Å². The van der Waals surface area contributed by atoms with Gasteiger partial charge in [0.15, 0.2) is 0 Å². The second kappa shape index (κ2) is 3.56. The van der Waals surface area contributed by atoms with Crippen LogP contribution in [0, 0.1) is 17.2 Å². The van der Waals surface area contributed by atoms with Gasteiger partial charge in [0, 0.05) is 19.0 Å². The molecule has 1 N–H and O–H groups in total. The highest BCUT2D eigenvalue weighted by Gasteiger charge is 2.64. The van der Waals surface area contributed by atoms with Crippen LogP contribution in [0.5, 0.6) is 0 Å². The fourth-order valence-electron chi connectivity index (χ4n) is 3.05. The molecular formula is C14H15FN2O2. The number of carboxylic acids is 1. The van der Waals surface area contributed by atoms with E-state index >= 15 is 0 Å². The lowest BCUT2D eigenvalue weighted by atomic mass is 10.1. The maximum Gasteiger partial charge on any atom is 0.307 e. The number of carbonyl (C=O) groups is 1. The van der Waals surface area contributed by atoms with Crippen molar-refractivity contribution >= 4 is 17.0 Å². The third-order valence-electron chi connectivity index (χ3n) is 4.25. The number of hydrogen-bond acceptors (Lipinski definition) is 2. The highest BCUT2D eigenvalue weighted by atomic mass is 19.1. The van der Waals surface area contributed by atoms with Crippen molar-refractivity contribution < 1.29 is 14.3 Å². The molecule has 1 aromatic carbocycles. The van der Waals surface area contributed by atoms with Crippen LogP contribution in [0.4, 0.5) is 4.39 Å². The SMILES string of the molecule is Cn1c(C2C(C(=O)O)C2(C)C)nc2cc(F)ccc21. The van der Waals surface area contributed by atoms with Crippen LogP contribution < -0.4 is 0 Å². The molecule has 4 nitrogen and oxygen atoms in total. The Morgan fingerprint density at radius 3 is 2.74 bits per heavy atom. The molecule has 2 aromatic rings. The molecule has 1 aromatic heterocycles. The molecule has 1 fully saturated rings. The maximum atomic E-state index is 13.2. The van der Waals surface area contributed by atoms with E-state index in [0.717, 1.165) is 11.3 Å². The Hall–Kier alpha value is -1.91. The largest absolute Gasteiger partial charge is 0.481 e. The van der Waals surface area contributed by atoms with E-state index in [-0.39, 0.29) is 17.2 Å². The zero-order chi connectivity index (χ0) is 13.9. The van der Waals surface area contributed by atoms with Gasteiger partial charge in [0.05, 0.1) is 17.0 Å². The van der Waals surface area contributed by atoms with Crippen molar-refractivity contribution in [1.29, 1.82) is 0 Å². The Labute approximate surface area is 109 Å². The summed E-state index contributed by atoms with van der Waals surface area (Å²) in [6.07, 6.45) is 0. The summed E-state index contributed by atoms with van der Waals surface area (Å²) in [5.41, 5.74) is 1.09. The Bertz CT molecular complexity index is 690. The number of fused-ring (bicyclic) bond motifs is 1. The molecule has 0 saturated heterocycles. The van der Waals surface area contributed by atoms with Crippen molar-refractivity contribution in [2.24, 2.45) is 18.4 Å². The molecule has 19 heavy (non-hydrogen) atoms. The van der Waals surface area contributed by atoms with Gasteiger partial charge in [-0.25, -0.2) is 9.37 Å². The van der Waals surface area contributed by atoms with Crippen LogP contribution in [-0.2, 0) is 11.8 Å². The Balaban J connectivity index is 2.12. The van der Waals surface area contributed by atoms with Gasteiger partial charge in [0.1, 0.15) is 11.6 Å². The molecule has 100 valence electrons. The first-order valence-electron chi connectivity index (χ1n) is 6.18. The van der Waals surface area contributed by atoms with Gasteiger partial charge in [0.25, 0.3) is 0 Å². The zero-order valence-electron chi connectivity index (χ0n) is 11.0. The fraction of sp³-hybridized carbons (Fsp3) is 0.429. The minimum absolute atomic E-state index is 0.120. The average molecular weight is 262 g/mol. The van der Waals surface area contributed by atoms with E-state index in [9.17, 15) is 14.3 Å². The standard InChI is InChI=1S/C14H15FN2O2/c1-14(2)10(11(14)13(18)19)12-16-8-6-7(15)4-5-9(8)17(12)3/h4-6,10-11H,1-3H3,(H,18,19). The molecule has 0 bridgehead atoms. The summed E-state index contributed by atoms with van der Waals surface area (Å²) in [6.45, 7) is 3.85. The molecule has 3 rings (SSSR count). The van der Waals surface area contributed by atoms with Gasteiger partial charge in [-0.3, -0.25) is 4.79 Å². The highest BCUT2D eigenvalue weighted by Crippen LogP contribution is 2.64. The normalized spacial score (nSPS) is 24.6. The highest BCUT2D eigenvalue weighted by molar-refractivity contribution is 5.80. The summed E-state index contributed by atoms with van der Waals surface area (Å²) >= 11 is 0. The topological polar surface area (TPSA) is 55.1 Å². The second-order valence-corrected chi connectivity index (χ2v) is 5.78. The number of aryl methyl sites for hydroxylation is 1. The predicted molar refractivity (Wildman–Crippen MR) is 68.3 cm³/mol. The lowest BCUT2D eigenvalue weighted by molar-refractivity contribution is -0.139. The van der Waals surface area contributed by atoms with Crippen molar-refractivity contribution in [3.63, 3.8) is 0 Å². The average Bonchev–Trinajstić information content (AvgIpc) is 2.74. The van der Waals surface area contributed by atoms with E-state index in [2.05, 4.69) is 4.98 Å². The van der Waals surface area contributed by atoms with Crippen LogP contribution in [-0.4, -0.2) is 20.6 Å². The molecule has 1 heterocycles. The van der Waals surface area contributed by atoms with Crippen molar-refractivity contribution in [1.82, 2.24) is 9.55 Å². The number of nitrogens with zero attached hydrogens (tertiary/aromatic N) is 2. The van der Waals surface area contributed by atoms with Crippen LogP contribution in [0.25, 0.3) is 11.0 Å². The molecule has 1 aliphatic rings. The Morgan fingerprint density at radius 2 is 2.16 bits per heavy atom. The van der Waals surface area contributed by atoms with E-state index < -0.39 is 11.9 Å². The van der Waals surface area contributed by atoms with E-state index in [1.54, 1.807) is 6.07 Å².